The molecule has 1 N–H and O–H groups in total. The molecule has 0 bridgehead atoms. The first-order valence-corrected chi connectivity index (χ1v) is 7.91. The van der Waals surface area contributed by atoms with Gasteiger partial charge < -0.3 is 14.4 Å². The minimum Gasteiger partial charge on any atom is -0.481 e. The Kier molecular flexibility index (Phi) is 4.88. The summed E-state index contributed by atoms with van der Waals surface area (Å²) in [5.41, 5.74) is 1.20. The molecule has 124 valence electrons. The van der Waals surface area contributed by atoms with Crippen molar-refractivity contribution in [1.82, 2.24) is 24.6 Å². The smallest absolute Gasteiger partial charge is 0.212 e. The van der Waals surface area contributed by atoms with Gasteiger partial charge >= 0.3 is 0 Å². The molecule has 7 heteroatoms. The minimum atomic E-state index is -0.0627. The average Bonchev–Trinajstić information content (AvgIpc) is 2.97. The molecule has 2 aromatic rings. The third kappa shape index (κ3) is 3.51. The largest absolute Gasteiger partial charge is 0.481 e. The number of nitrogens with zero attached hydrogens (tertiary/aromatic N) is 5. The van der Waals surface area contributed by atoms with E-state index in [0.717, 1.165) is 38.3 Å². The summed E-state index contributed by atoms with van der Waals surface area (Å²) >= 11 is 0. The molecule has 1 saturated heterocycles. The molecule has 0 unspecified atom stereocenters. The van der Waals surface area contributed by atoms with Crippen molar-refractivity contribution < 1.29 is 9.84 Å². The SMILES string of the molecule is COc1ccc(CN2CCC(c3nnc(CO)n3C)CC2)cn1. The zero-order valence-electron chi connectivity index (χ0n) is 13.6. The Bertz CT molecular complexity index is 632. The quantitative estimate of drug-likeness (QED) is 0.889. The van der Waals surface area contributed by atoms with E-state index in [2.05, 4.69) is 26.1 Å². The summed E-state index contributed by atoms with van der Waals surface area (Å²) < 4.78 is 7.01. The van der Waals surface area contributed by atoms with Gasteiger partial charge in [-0.25, -0.2) is 4.98 Å². The Morgan fingerprint density at radius 1 is 1.26 bits per heavy atom. The van der Waals surface area contributed by atoms with Crippen LogP contribution in [0.15, 0.2) is 18.3 Å². The van der Waals surface area contributed by atoms with E-state index >= 15 is 0 Å². The predicted octanol–water partition coefficient (Wildman–Crippen LogP) is 1.09. The molecule has 3 rings (SSSR count). The maximum atomic E-state index is 9.23. The summed E-state index contributed by atoms with van der Waals surface area (Å²) in [5.74, 6) is 2.68. The number of hydrogen-bond donors (Lipinski definition) is 1. The molecule has 23 heavy (non-hydrogen) atoms. The van der Waals surface area contributed by atoms with Crippen LogP contribution in [0.2, 0.25) is 0 Å². The minimum absolute atomic E-state index is 0.0627. The van der Waals surface area contributed by atoms with E-state index in [9.17, 15) is 5.11 Å². The summed E-state index contributed by atoms with van der Waals surface area (Å²) in [4.78, 5) is 6.69. The van der Waals surface area contributed by atoms with Crippen molar-refractivity contribution >= 4 is 0 Å². The number of methoxy groups -OCH3 is 1. The Hall–Kier alpha value is -1.99. The van der Waals surface area contributed by atoms with E-state index in [1.807, 2.05) is 23.9 Å². The number of pyridine rings is 1. The van der Waals surface area contributed by atoms with E-state index in [1.165, 1.54) is 5.56 Å². The van der Waals surface area contributed by atoms with Crippen LogP contribution in [0.1, 0.15) is 36.0 Å². The van der Waals surface area contributed by atoms with Gasteiger partial charge in [0.1, 0.15) is 12.4 Å². The molecule has 0 radical (unpaired) electrons. The van der Waals surface area contributed by atoms with Crippen molar-refractivity contribution in [3.8, 4) is 5.88 Å². The van der Waals surface area contributed by atoms with Crippen molar-refractivity contribution in [3.05, 3.63) is 35.5 Å². The molecule has 1 fully saturated rings. The molecule has 1 aliphatic rings. The summed E-state index contributed by atoms with van der Waals surface area (Å²) in [5, 5.41) is 17.5. The van der Waals surface area contributed by atoms with Crippen LogP contribution >= 0.6 is 0 Å². The Balaban J connectivity index is 1.56. The molecule has 0 aromatic carbocycles. The number of aromatic nitrogens is 4. The standard InChI is InChI=1S/C16H23N5O2/c1-20-14(11-22)18-19-16(20)13-5-7-21(8-6-13)10-12-3-4-15(23-2)17-9-12/h3-4,9,13,22H,5-8,10-11H2,1-2H3. The van der Waals surface area contributed by atoms with Gasteiger partial charge in [-0.3, -0.25) is 4.90 Å². The van der Waals surface area contributed by atoms with E-state index in [4.69, 9.17) is 4.74 Å². The van der Waals surface area contributed by atoms with Crippen LogP contribution in [0.25, 0.3) is 0 Å². The van der Waals surface area contributed by atoms with Crippen molar-refractivity contribution in [3.63, 3.8) is 0 Å². The first kappa shape index (κ1) is 15.9. The molecule has 0 amide bonds. The van der Waals surface area contributed by atoms with Crippen molar-refractivity contribution in [2.45, 2.75) is 31.9 Å². The molecular weight excluding hydrogens is 294 g/mol. The van der Waals surface area contributed by atoms with Crippen LogP contribution in [-0.4, -0.2) is 50.0 Å². The third-order valence-electron chi connectivity index (χ3n) is 4.51. The highest BCUT2D eigenvalue weighted by molar-refractivity contribution is 5.17. The van der Waals surface area contributed by atoms with Gasteiger partial charge in [-0.1, -0.05) is 6.07 Å². The fourth-order valence-corrected chi connectivity index (χ4v) is 3.10. The molecule has 2 aromatic heterocycles. The Morgan fingerprint density at radius 3 is 2.61 bits per heavy atom. The summed E-state index contributed by atoms with van der Waals surface area (Å²) in [6.07, 6.45) is 3.99. The topological polar surface area (TPSA) is 76.3 Å². The van der Waals surface area contributed by atoms with Gasteiger partial charge in [0.15, 0.2) is 5.82 Å². The Labute approximate surface area is 135 Å². The lowest BCUT2D eigenvalue weighted by molar-refractivity contribution is 0.199. The van der Waals surface area contributed by atoms with Gasteiger partial charge in [0.05, 0.1) is 7.11 Å². The molecule has 0 aliphatic carbocycles. The lowest BCUT2D eigenvalue weighted by Crippen LogP contribution is -2.33. The van der Waals surface area contributed by atoms with Crippen LogP contribution < -0.4 is 4.74 Å². The van der Waals surface area contributed by atoms with Gasteiger partial charge in [-0.15, -0.1) is 10.2 Å². The Morgan fingerprint density at radius 2 is 2.04 bits per heavy atom. The maximum Gasteiger partial charge on any atom is 0.212 e. The van der Waals surface area contributed by atoms with Gasteiger partial charge in [-0.2, -0.15) is 0 Å². The van der Waals surface area contributed by atoms with Crippen LogP contribution in [0.3, 0.4) is 0 Å². The number of rotatable bonds is 5. The van der Waals surface area contributed by atoms with Crippen LogP contribution in [-0.2, 0) is 20.2 Å². The zero-order valence-corrected chi connectivity index (χ0v) is 13.6. The third-order valence-corrected chi connectivity index (χ3v) is 4.51. The number of piperidine rings is 1. The lowest BCUT2D eigenvalue weighted by Gasteiger charge is -2.31. The van der Waals surface area contributed by atoms with Gasteiger partial charge in [-0.05, 0) is 31.5 Å². The van der Waals surface area contributed by atoms with Crippen LogP contribution in [0.4, 0.5) is 0 Å². The number of aliphatic hydroxyl groups excluding tert-OH is 1. The fourth-order valence-electron chi connectivity index (χ4n) is 3.10. The number of ether oxygens (including phenoxy) is 1. The molecule has 0 spiro atoms. The maximum absolute atomic E-state index is 9.23. The van der Waals surface area contributed by atoms with Gasteiger partial charge in [0.2, 0.25) is 5.88 Å². The first-order valence-electron chi connectivity index (χ1n) is 7.91. The zero-order chi connectivity index (χ0) is 16.2. The van der Waals surface area contributed by atoms with Crippen molar-refractivity contribution in [2.75, 3.05) is 20.2 Å². The highest BCUT2D eigenvalue weighted by atomic mass is 16.5. The predicted molar refractivity (Wildman–Crippen MR) is 85.0 cm³/mol. The van der Waals surface area contributed by atoms with Gasteiger partial charge in [0.25, 0.3) is 0 Å². The molecule has 1 aliphatic heterocycles. The highest BCUT2D eigenvalue weighted by Gasteiger charge is 2.25. The second-order valence-corrected chi connectivity index (χ2v) is 5.95. The number of aliphatic hydroxyl groups is 1. The van der Waals surface area contributed by atoms with Gasteiger partial charge in [0, 0.05) is 31.8 Å². The molecule has 0 saturated carbocycles. The monoisotopic (exact) mass is 317 g/mol. The molecule has 7 nitrogen and oxygen atoms in total. The van der Waals surface area contributed by atoms with E-state index in [1.54, 1.807) is 7.11 Å². The van der Waals surface area contributed by atoms with Crippen LogP contribution in [0, 0.1) is 0 Å². The normalized spacial score (nSPS) is 16.7. The summed E-state index contributed by atoms with van der Waals surface area (Å²) in [6, 6.07) is 3.96. The molecular formula is C16H23N5O2. The van der Waals surface area contributed by atoms with E-state index < -0.39 is 0 Å². The van der Waals surface area contributed by atoms with Crippen LogP contribution in [0.5, 0.6) is 5.88 Å². The average molecular weight is 317 g/mol. The summed E-state index contributed by atoms with van der Waals surface area (Å²) in [7, 11) is 3.55. The van der Waals surface area contributed by atoms with E-state index in [0.29, 0.717) is 17.6 Å². The highest BCUT2D eigenvalue weighted by Crippen LogP contribution is 2.27. The van der Waals surface area contributed by atoms with Crippen molar-refractivity contribution in [1.29, 1.82) is 0 Å². The van der Waals surface area contributed by atoms with Crippen molar-refractivity contribution in [2.24, 2.45) is 7.05 Å². The molecule has 3 heterocycles. The van der Waals surface area contributed by atoms with E-state index in [-0.39, 0.29) is 6.61 Å². The summed E-state index contributed by atoms with van der Waals surface area (Å²) in [6.45, 7) is 2.90. The first-order chi connectivity index (χ1) is 11.2. The second-order valence-electron chi connectivity index (χ2n) is 5.95. The fraction of sp³-hybridized carbons (Fsp3) is 0.562. The second kappa shape index (κ2) is 7.06. The number of likely N-dealkylation sites (tertiary alicyclic amines) is 1. The lowest BCUT2D eigenvalue weighted by atomic mass is 9.95. The molecule has 0 atom stereocenters. The number of hydrogen-bond acceptors (Lipinski definition) is 6.